The molecule has 0 saturated heterocycles. The third-order valence-corrected chi connectivity index (χ3v) is 5.61. The van der Waals surface area contributed by atoms with Gasteiger partial charge in [-0.3, -0.25) is 0 Å². The van der Waals surface area contributed by atoms with Gasteiger partial charge < -0.3 is 14.6 Å². The summed E-state index contributed by atoms with van der Waals surface area (Å²) in [6.07, 6.45) is 6.02. The van der Waals surface area contributed by atoms with Gasteiger partial charge in [0, 0.05) is 37.7 Å². The molecule has 0 fully saturated rings. The Kier molecular flexibility index (Phi) is 12.0. The van der Waals surface area contributed by atoms with Crippen LogP contribution < -0.4 is 9.47 Å². The SMILES string of the molecule is C=CCO.COc1ccc(CN(Cc2ccc(OC)cc2)SCCc2ncc(C)cn2)cc1. The number of aliphatic hydroxyl groups is 1. The minimum absolute atomic E-state index is 0.0833. The maximum Gasteiger partial charge on any atom is 0.129 e. The van der Waals surface area contributed by atoms with Crippen LogP contribution in [0.15, 0.2) is 73.6 Å². The number of aromatic nitrogens is 2. The third kappa shape index (κ3) is 10.1. The Labute approximate surface area is 201 Å². The normalized spacial score (nSPS) is 10.3. The van der Waals surface area contributed by atoms with Crippen LogP contribution in [0, 0.1) is 6.92 Å². The minimum atomic E-state index is 0.0833. The summed E-state index contributed by atoms with van der Waals surface area (Å²) in [7, 11) is 3.38. The molecule has 1 heterocycles. The van der Waals surface area contributed by atoms with Crippen LogP contribution in [0.1, 0.15) is 22.5 Å². The van der Waals surface area contributed by atoms with Crippen molar-refractivity contribution in [3.05, 3.63) is 96.1 Å². The van der Waals surface area contributed by atoms with E-state index in [1.807, 2.05) is 55.5 Å². The highest BCUT2D eigenvalue weighted by Crippen LogP contribution is 2.22. The largest absolute Gasteiger partial charge is 0.497 e. The molecule has 1 N–H and O–H groups in total. The Morgan fingerprint density at radius 2 is 1.36 bits per heavy atom. The van der Waals surface area contributed by atoms with Crippen molar-refractivity contribution < 1.29 is 14.6 Å². The van der Waals surface area contributed by atoms with Gasteiger partial charge in [-0.05, 0) is 47.9 Å². The van der Waals surface area contributed by atoms with E-state index in [9.17, 15) is 0 Å². The fourth-order valence-electron chi connectivity index (χ4n) is 2.83. The molecule has 1 aromatic heterocycles. The minimum Gasteiger partial charge on any atom is -0.497 e. The average Bonchev–Trinajstić information content (AvgIpc) is 2.86. The summed E-state index contributed by atoms with van der Waals surface area (Å²) in [5.74, 6) is 3.56. The molecule has 0 aliphatic heterocycles. The highest BCUT2D eigenvalue weighted by molar-refractivity contribution is 7.96. The van der Waals surface area contributed by atoms with Gasteiger partial charge in [-0.1, -0.05) is 42.3 Å². The highest BCUT2D eigenvalue weighted by atomic mass is 32.2. The molecule has 6 nitrogen and oxygen atoms in total. The first-order valence-corrected chi connectivity index (χ1v) is 11.6. The van der Waals surface area contributed by atoms with Crippen molar-refractivity contribution in [3.63, 3.8) is 0 Å². The number of aliphatic hydroxyl groups excluding tert-OH is 1. The first-order chi connectivity index (χ1) is 16.1. The summed E-state index contributed by atoms with van der Waals surface area (Å²) < 4.78 is 12.9. The van der Waals surface area contributed by atoms with E-state index in [0.717, 1.165) is 48.2 Å². The summed E-state index contributed by atoms with van der Waals surface area (Å²) in [6, 6.07) is 16.5. The maximum atomic E-state index is 7.76. The second kappa shape index (κ2) is 15.1. The number of ether oxygens (including phenoxy) is 2. The number of benzene rings is 2. The Balaban J connectivity index is 0.000000890. The number of nitrogens with zero attached hydrogens (tertiary/aromatic N) is 3. The number of hydrogen-bond acceptors (Lipinski definition) is 7. The molecule has 0 aliphatic rings. The smallest absolute Gasteiger partial charge is 0.129 e. The monoisotopic (exact) mass is 467 g/mol. The van der Waals surface area contributed by atoms with E-state index >= 15 is 0 Å². The van der Waals surface area contributed by atoms with Crippen molar-refractivity contribution in [2.24, 2.45) is 0 Å². The lowest BCUT2D eigenvalue weighted by atomic mass is 10.2. The molecule has 2 aromatic carbocycles. The van der Waals surface area contributed by atoms with E-state index in [2.05, 4.69) is 45.1 Å². The van der Waals surface area contributed by atoms with Gasteiger partial charge in [0.05, 0.1) is 20.8 Å². The fraction of sp³-hybridized carbons (Fsp3) is 0.308. The zero-order valence-electron chi connectivity index (χ0n) is 19.6. The predicted octanol–water partition coefficient (Wildman–Crippen LogP) is 4.86. The van der Waals surface area contributed by atoms with Crippen molar-refractivity contribution >= 4 is 11.9 Å². The standard InChI is InChI=1S/C23H27N3O2S.C3H6O/c1-18-14-24-23(25-15-18)12-13-29-26(16-19-4-8-21(27-2)9-5-19)17-20-6-10-22(28-3)11-7-20;1-2-3-4/h4-11,14-15H,12-13,16-17H2,1-3H3;2,4H,1,3H2. The van der Waals surface area contributed by atoms with Crippen LogP contribution in [0.3, 0.4) is 0 Å². The zero-order chi connectivity index (χ0) is 23.9. The lowest BCUT2D eigenvalue weighted by Crippen LogP contribution is -2.16. The molecule has 3 aromatic rings. The van der Waals surface area contributed by atoms with Crippen LogP contribution in [-0.4, -0.2) is 46.0 Å². The Morgan fingerprint density at radius 1 is 0.909 bits per heavy atom. The molecule has 7 heteroatoms. The molecule has 0 unspecified atom stereocenters. The van der Waals surface area contributed by atoms with E-state index in [1.165, 1.54) is 17.2 Å². The van der Waals surface area contributed by atoms with Crippen LogP contribution in [0.4, 0.5) is 0 Å². The molecule has 0 spiro atoms. The molecule has 0 amide bonds. The summed E-state index contributed by atoms with van der Waals surface area (Å²) in [5.41, 5.74) is 3.58. The van der Waals surface area contributed by atoms with Gasteiger partial charge in [-0.15, -0.1) is 6.58 Å². The van der Waals surface area contributed by atoms with Crippen LogP contribution in [0.2, 0.25) is 0 Å². The molecular weight excluding hydrogens is 434 g/mol. The number of hydrogen-bond donors (Lipinski definition) is 1. The maximum absolute atomic E-state index is 7.76. The Hall–Kier alpha value is -2.87. The van der Waals surface area contributed by atoms with Crippen LogP contribution in [0.25, 0.3) is 0 Å². The highest BCUT2D eigenvalue weighted by Gasteiger charge is 2.10. The van der Waals surface area contributed by atoms with Crippen molar-refractivity contribution in [1.82, 2.24) is 14.3 Å². The average molecular weight is 468 g/mol. The topological polar surface area (TPSA) is 67.7 Å². The van der Waals surface area contributed by atoms with Crippen molar-refractivity contribution in [1.29, 1.82) is 0 Å². The van der Waals surface area contributed by atoms with E-state index in [1.54, 1.807) is 14.2 Å². The number of aryl methyl sites for hydroxylation is 2. The third-order valence-electron chi connectivity index (χ3n) is 4.60. The van der Waals surface area contributed by atoms with E-state index in [4.69, 9.17) is 14.6 Å². The van der Waals surface area contributed by atoms with Gasteiger partial charge in [-0.2, -0.15) is 0 Å². The lowest BCUT2D eigenvalue weighted by molar-refractivity contribution is 0.343. The van der Waals surface area contributed by atoms with Gasteiger partial charge in [0.25, 0.3) is 0 Å². The van der Waals surface area contributed by atoms with E-state index in [0.29, 0.717) is 0 Å². The molecule has 0 saturated carbocycles. The van der Waals surface area contributed by atoms with Crippen LogP contribution >= 0.6 is 11.9 Å². The predicted molar refractivity (Wildman–Crippen MR) is 135 cm³/mol. The number of rotatable bonds is 11. The summed E-state index contributed by atoms with van der Waals surface area (Å²) in [4.78, 5) is 8.82. The zero-order valence-corrected chi connectivity index (χ0v) is 20.4. The molecule has 0 atom stereocenters. The molecular formula is C26H33N3O3S. The van der Waals surface area contributed by atoms with Gasteiger partial charge in [0.2, 0.25) is 0 Å². The van der Waals surface area contributed by atoms with Gasteiger partial charge in [0.15, 0.2) is 0 Å². The molecule has 3 rings (SSSR count). The summed E-state index contributed by atoms with van der Waals surface area (Å²) >= 11 is 1.82. The quantitative estimate of drug-likeness (QED) is 0.319. The lowest BCUT2D eigenvalue weighted by Gasteiger charge is -2.21. The molecule has 0 bridgehead atoms. The Bertz CT molecular complexity index is 883. The van der Waals surface area contributed by atoms with Crippen molar-refractivity contribution in [3.8, 4) is 11.5 Å². The van der Waals surface area contributed by atoms with Crippen molar-refractivity contribution in [2.45, 2.75) is 26.4 Å². The van der Waals surface area contributed by atoms with Gasteiger partial charge in [0.1, 0.15) is 17.3 Å². The molecule has 0 radical (unpaired) electrons. The van der Waals surface area contributed by atoms with E-state index in [-0.39, 0.29) is 6.61 Å². The van der Waals surface area contributed by atoms with Crippen LogP contribution in [-0.2, 0) is 19.5 Å². The molecule has 176 valence electrons. The first-order valence-electron chi connectivity index (χ1n) is 10.7. The second-order valence-corrected chi connectivity index (χ2v) is 8.41. The van der Waals surface area contributed by atoms with Gasteiger partial charge >= 0.3 is 0 Å². The van der Waals surface area contributed by atoms with Crippen LogP contribution in [0.5, 0.6) is 11.5 Å². The summed E-state index contributed by atoms with van der Waals surface area (Å²) in [5, 5.41) is 7.76. The molecule has 33 heavy (non-hydrogen) atoms. The van der Waals surface area contributed by atoms with Crippen molar-refractivity contribution in [2.75, 3.05) is 26.6 Å². The van der Waals surface area contributed by atoms with Gasteiger partial charge in [-0.25, -0.2) is 14.3 Å². The first kappa shape index (κ1) is 26.4. The fourth-order valence-corrected chi connectivity index (χ4v) is 3.84. The second-order valence-electron chi connectivity index (χ2n) is 7.23. The number of methoxy groups -OCH3 is 2. The Morgan fingerprint density at radius 3 is 1.76 bits per heavy atom. The van der Waals surface area contributed by atoms with E-state index < -0.39 is 0 Å². The molecule has 0 aliphatic carbocycles. The summed E-state index contributed by atoms with van der Waals surface area (Å²) in [6.45, 7) is 7.00.